The third-order valence-electron chi connectivity index (χ3n) is 7.30. The lowest BCUT2D eigenvalue weighted by Crippen LogP contribution is -2.43. The number of amides is 2. The van der Waals surface area contributed by atoms with E-state index >= 15 is 0 Å². The molecule has 7 nitrogen and oxygen atoms in total. The van der Waals surface area contributed by atoms with Crippen molar-refractivity contribution in [1.29, 1.82) is 0 Å². The number of carbonyl (C=O) groups is 3. The minimum absolute atomic E-state index is 0.0207. The zero-order valence-corrected chi connectivity index (χ0v) is 20.2. The molecule has 0 spiro atoms. The Labute approximate surface area is 206 Å². The van der Waals surface area contributed by atoms with Gasteiger partial charge in [0.25, 0.3) is 0 Å². The zero-order valence-electron chi connectivity index (χ0n) is 20.2. The van der Waals surface area contributed by atoms with Crippen LogP contribution in [0.5, 0.6) is 0 Å². The molecule has 0 bridgehead atoms. The zero-order chi connectivity index (χ0) is 24.8. The molecule has 0 aromatic heterocycles. The fourth-order valence-corrected chi connectivity index (χ4v) is 5.57. The number of benzene rings is 2. The summed E-state index contributed by atoms with van der Waals surface area (Å²) >= 11 is 0. The number of ether oxygens (including phenoxy) is 1. The highest BCUT2D eigenvalue weighted by Gasteiger charge is 2.35. The maximum Gasteiger partial charge on any atom is 0.407 e. The van der Waals surface area contributed by atoms with Crippen LogP contribution >= 0.6 is 0 Å². The van der Waals surface area contributed by atoms with Gasteiger partial charge in [-0.2, -0.15) is 0 Å². The molecule has 35 heavy (non-hydrogen) atoms. The fraction of sp³-hybridized carbons (Fsp3) is 0.464. The van der Waals surface area contributed by atoms with Crippen molar-refractivity contribution in [3.8, 4) is 11.1 Å². The second-order valence-electron chi connectivity index (χ2n) is 9.98. The predicted molar refractivity (Wildman–Crippen MR) is 133 cm³/mol. The largest absolute Gasteiger partial charge is 0.481 e. The Morgan fingerprint density at radius 2 is 1.60 bits per heavy atom. The van der Waals surface area contributed by atoms with E-state index in [4.69, 9.17) is 4.74 Å². The van der Waals surface area contributed by atoms with Crippen molar-refractivity contribution in [3.63, 3.8) is 0 Å². The van der Waals surface area contributed by atoms with Crippen LogP contribution in [0.15, 0.2) is 48.5 Å². The number of nitrogens with one attached hydrogen (secondary N) is 2. The third kappa shape index (κ3) is 6.02. The first-order valence-corrected chi connectivity index (χ1v) is 12.5. The molecule has 1 atom stereocenters. The van der Waals surface area contributed by atoms with Gasteiger partial charge in [-0.15, -0.1) is 0 Å². The molecule has 0 aliphatic heterocycles. The van der Waals surface area contributed by atoms with Crippen LogP contribution in [0.4, 0.5) is 4.79 Å². The Morgan fingerprint density at radius 3 is 2.20 bits per heavy atom. The van der Waals surface area contributed by atoms with E-state index in [1.807, 2.05) is 24.3 Å². The number of rotatable bonds is 9. The summed E-state index contributed by atoms with van der Waals surface area (Å²) in [5, 5.41) is 15.0. The number of aliphatic carboxylic acids is 1. The smallest absolute Gasteiger partial charge is 0.407 e. The lowest BCUT2D eigenvalue weighted by molar-refractivity contribution is -0.140. The van der Waals surface area contributed by atoms with Gasteiger partial charge < -0.3 is 20.5 Å². The number of fused-ring (bicyclic) bond motifs is 3. The minimum atomic E-state index is -0.827. The average Bonchev–Trinajstić information content (AvgIpc) is 3.15. The van der Waals surface area contributed by atoms with Crippen molar-refractivity contribution < 1.29 is 24.2 Å². The molecule has 7 heteroatoms. The van der Waals surface area contributed by atoms with E-state index in [-0.39, 0.29) is 36.7 Å². The maximum absolute atomic E-state index is 12.5. The molecule has 4 rings (SSSR count). The van der Waals surface area contributed by atoms with Gasteiger partial charge in [0.2, 0.25) is 5.91 Å². The number of hydrogen-bond acceptors (Lipinski definition) is 4. The average molecular weight is 479 g/mol. The lowest BCUT2D eigenvalue weighted by atomic mass is 9.71. The molecule has 2 aliphatic carbocycles. The summed E-state index contributed by atoms with van der Waals surface area (Å²) in [5.74, 6) is -1.05. The monoisotopic (exact) mass is 478 g/mol. The van der Waals surface area contributed by atoms with Crippen LogP contribution in [-0.2, 0) is 14.3 Å². The van der Waals surface area contributed by atoms with Gasteiger partial charge in [-0.3, -0.25) is 9.59 Å². The number of carbonyl (C=O) groups excluding carboxylic acids is 2. The van der Waals surface area contributed by atoms with Crippen LogP contribution < -0.4 is 10.6 Å². The second kappa shape index (κ2) is 10.9. The molecule has 3 N–H and O–H groups in total. The quantitative estimate of drug-likeness (QED) is 0.478. The van der Waals surface area contributed by atoms with Gasteiger partial charge in [0.1, 0.15) is 6.61 Å². The molecule has 1 unspecified atom stereocenters. The van der Waals surface area contributed by atoms with Crippen molar-refractivity contribution in [2.75, 3.05) is 13.2 Å². The van der Waals surface area contributed by atoms with Crippen molar-refractivity contribution in [2.45, 2.75) is 63.8 Å². The highest BCUT2D eigenvalue weighted by molar-refractivity contribution is 5.79. The number of carboxylic acid groups (broad SMARTS) is 1. The molecular formula is C28H34N2O5. The van der Waals surface area contributed by atoms with E-state index in [9.17, 15) is 19.5 Å². The van der Waals surface area contributed by atoms with E-state index in [0.29, 0.717) is 6.54 Å². The van der Waals surface area contributed by atoms with Crippen LogP contribution in [-0.4, -0.2) is 42.3 Å². The molecule has 2 aliphatic rings. The van der Waals surface area contributed by atoms with Gasteiger partial charge in [-0.05, 0) is 47.4 Å². The molecule has 2 aromatic rings. The van der Waals surface area contributed by atoms with Gasteiger partial charge in [-0.25, -0.2) is 4.79 Å². The lowest BCUT2D eigenvalue weighted by Gasteiger charge is -2.36. The molecule has 0 saturated heterocycles. The van der Waals surface area contributed by atoms with Crippen molar-refractivity contribution in [2.24, 2.45) is 5.41 Å². The summed E-state index contributed by atoms with van der Waals surface area (Å²) in [7, 11) is 0. The number of alkyl carbamates (subject to hydrolysis) is 1. The van der Waals surface area contributed by atoms with E-state index in [0.717, 1.165) is 43.2 Å². The van der Waals surface area contributed by atoms with Gasteiger partial charge in [-0.1, -0.05) is 67.8 Å². The summed E-state index contributed by atoms with van der Waals surface area (Å²) in [5.41, 5.74) is 4.25. The Bertz CT molecular complexity index is 1030. The van der Waals surface area contributed by atoms with Gasteiger partial charge in [0.05, 0.1) is 6.42 Å². The van der Waals surface area contributed by atoms with Gasteiger partial charge >= 0.3 is 12.1 Å². The highest BCUT2D eigenvalue weighted by atomic mass is 16.5. The molecule has 2 amide bonds. The summed E-state index contributed by atoms with van der Waals surface area (Å²) in [6.45, 7) is 2.33. The summed E-state index contributed by atoms with van der Waals surface area (Å²) in [4.78, 5) is 36.3. The molecule has 0 heterocycles. The Hall–Kier alpha value is -3.35. The summed E-state index contributed by atoms with van der Waals surface area (Å²) in [6, 6.07) is 15.9. The number of carboxylic acids is 1. The molecule has 1 fully saturated rings. The van der Waals surface area contributed by atoms with Crippen molar-refractivity contribution in [3.05, 3.63) is 59.7 Å². The van der Waals surface area contributed by atoms with E-state index in [1.54, 1.807) is 6.92 Å². The van der Waals surface area contributed by atoms with E-state index < -0.39 is 18.1 Å². The minimum Gasteiger partial charge on any atom is -0.481 e. The normalized spacial score (nSPS) is 17.1. The Balaban J connectivity index is 1.25. The summed E-state index contributed by atoms with van der Waals surface area (Å²) < 4.78 is 5.56. The highest BCUT2D eigenvalue weighted by Crippen LogP contribution is 2.44. The molecule has 2 aromatic carbocycles. The SMILES string of the molecule is CC(CC(=O)NCC1(CC(=O)O)CCCCC1)NC(=O)OCC1c2ccccc2-c2ccccc21. The Kier molecular flexibility index (Phi) is 7.73. The number of hydrogen-bond donors (Lipinski definition) is 3. The standard InChI is InChI=1S/C28H34N2O5/c1-19(15-25(31)29-18-28(16-26(32)33)13-7-2-8-14-28)30-27(34)35-17-24-22-11-5-3-9-20(22)21-10-4-6-12-23(21)24/h3-6,9-12,19,24H,2,7-8,13-18H2,1H3,(H,29,31)(H,30,34)(H,32,33). The van der Waals surface area contributed by atoms with Crippen LogP contribution in [0.25, 0.3) is 11.1 Å². The van der Waals surface area contributed by atoms with Crippen LogP contribution in [0.3, 0.4) is 0 Å². The fourth-order valence-electron chi connectivity index (χ4n) is 5.57. The van der Waals surface area contributed by atoms with Gasteiger partial charge in [0.15, 0.2) is 0 Å². The van der Waals surface area contributed by atoms with Crippen LogP contribution in [0.1, 0.15) is 68.9 Å². The Morgan fingerprint density at radius 1 is 1.00 bits per heavy atom. The van der Waals surface area contributed by atoms with Crippen LogP contribution in [0.2, 0.25) is 0 Å². The summed E-state index contributed by atoms with van der Waals surface area (Å²) in [6.07, 6.45) is 4.33. The first-order valence-electron chi connectivity index (χ1n) is 12.5. The predicted octanol–water partition coefficient (Wildman–Crippen LogP) is 4.85. The first-order chi connectivity index (χ1) is 16.9. The molecule has 0 radical (unpaired) electrons. The van der Waals surface area contributed by atoms with Crippen molar-refractivity contribution in [1.82, 2.24) is 10.6 Å². The maximum atomic E-state index is 12.5. The van der Waals surface area contributed by atoms with Gasteiger partial charge in [0, 0.05) is 24.9 Å². The topological polar surface area (TPSA) is 105 Å². The molecular weight excluding hydrogens is 444 g/mol. The molecule has 1 saturated carbocycles. The molecule has 186 valence electrons. The van der Waals surface area contributed by atoms with E-state index in [2.05, 4.69) is 34.9 Å². The van der Waals surface area contributed by atoms with Crippen LogP contribution in [0, 0.1) is 5.41 Å². The first kappa shape index (κ1) is 24.8. The van der Waals surface area contributed by atoms with Crippen molar-refractivity contribution >= 4 is 18.0 Å². The second-order valence-corrected chi connectivity index (χ2v) is 9.98. The van der Waals surface area contributed by atoms with E-state index in [1.165, 1.54) is 11.1 Å². The third-order valence-corrected chi connectivity index (χ3v) is 7.30.